The minimum atomic E-state index is -3.52. The van der Waals surface area contributed by atoms with E-state index in [-0.39, 0.29) is 11.1 Å². The zero-order valence-corrected chi connectivity index (χ0v) is 16.4. The minimum absolute atomic E-state index is 0.00820. The summed E-state index contributed by atoms with van der Waals surface area (Å²) in [5.74, 6) is 0.606. The van der Waals surface area contributed by atoms with Crippen LogP contribution < -0.4 is 5.32 Å². The highest BCUT2D eigenvalue weighted by molar-refractivity contribution is 7.89. The van der Waals surface area contributed by atoms with Crippen LogP contribution in [0.4, 0.5) is 0 Å². The number of rotatable bonds is 7. The first-order valence-electron chi connectivity index (χ1n) is 9.57. The van der Waals surface area contributed by atoms with Crippen LogP contribution in [0.25, 0.3) is 0 Å². The van der Waals surface area contributed by atoms with E-state index >= 15 is 0 Å². The van der Waals surface area contributed by atoms with Crippen LogP contribution >= 0.6 is 0 Å². The normalized spacial score (nSPS) is 15.3. The zero-order valence-electron chi connectivity index (χ0n) is 15.6. The molecule has 0 atom stereocenters. The number of nitrogens with zero attached hydrogens (tertiary/aromatic N) is 1. The Morgan fingerprint density at radius 1 is 0.857 bits per heavy atom. The van der Waals surface area contributed by atoms with Gasteiger partial charge in [0, 0.05) is 13.1 Å². The Morgan fingerprint density at radius 2 is 1.43 bits per heavy atom. The molecule has 0 bridgehead atoms. The van der Waals surface area contributed by atoms with Crippen molar-refractivity contribution in [1.82, 2.24) is 9.62 Å². The number of nitrogens with one attached hydrogen (secondary N) is 1. The van der Waals surface area contributed by atoms with Gasteiger partial charge in [-0.25, -0.2) is 8.42 Å². The van der Waals surface area contributed by atoms with Crippen molar-refractivity contribution >= 4 is 10.0 Å². The molecule has 1 aromatic heterocycles. The fourth-order valence-electron chi connectivity index (χ4n) is 3.57. The van der Waals surface area contributed by atoms with Crippen LogP contribution in [0, 0.1) is 0 Å². The molecule has 0 amide bonds. The van der Waals surface area contributed by atoms with Crippen molar-refractivity contribution in [1.29, 1.82) is 0 Å². The smallest absolute Gasteiger partial charge is 0.276 e. The van der Waals surface area contributed by atoms with E-state index in [9.17, 15) is 8.42 Å². The van der Waals surface area contributed by atoms with E-state index in [1.165, 1.54) is 4.31 Å². The maximum atomic E-state index is 12.6. The van der Waals surface area contributed by atoms with Gasteiger partial charge in [0.05, 0.1) is 12.6 Å². The lowest BCUT2D eigenvalue weighted by atomic mass is 9.99. The SMILES string of the molecule is O=S(=O)(c1ccc(CNC(c2ccccc2)c2ccccc2)o1)N1CCCC1. The maximum Gasteiger partial charge on any atom is 0.276 e. The lowest BCUT2D eigenvalue weighted by Crippen LogP contribution is -2.27. The molecule has 6 heteroatoms. The number of benzene rings is 2. The molecule has 0 unspecified atom stereocenters. The van der Waals surface area contributed by atoms with E-state index in [0.29, 0.717) is 25.4 Å². The van der Waals surface area contributed by atoms with Gasteiger partial charge in [-0.05, 0) is 36.1 Å². The molecule has 2 aromatic carbocycles. The highest BCUT2D eigenvalue weighted by Crippen LogP contribution is 2.25. The number of sulfonamides is 1. The van der Waals surface area contributed by atoms with Crippen molar-refractivity contribution in [3.8, 4) is 0 Å². The van der Waals surface area contributed by atoms with Gasteiger partial charge < -0.3 is 4.42 Å². The fourth-order valence-corrected chi connectivity index (χ4v) is 5.02. The Kier molecular flexibility index (Phi) is 5.62. The number of hydrogen-bond donors (Lipinski definition) is 1. The fraction of sp³-hybridized carbons (Fsp3) is 0.273. The summed E-state index contributed by atoms with van der Waals surface area (Å²) >= 11 is 0. The molecule has 1 N–H and O–H groups in total. The standard InChI is InChI=1S/C22H24N2O3S/c25-28(26,24-15-7-8-16-24)21-14-13-20(27-21)17-23-22(18-9-3-1-4-10-18)19-11-5-2-6-12-19/h1-6,9-14,22-23H,7-8,15-17H2. The molecule has 1 aliphatic heterocycles. The summed E-state index contributed by atoms with van der Waals surface area (Å²) in [6.45, 7) is 1.57. The third-order valence-corrected chi connectivity index (χ3v) is 6.82. The highest BCUT2D eigenvalue weighted by atomic mass is 32.2. The third kappa shape index (κ3) is 4.04. The van der Waals surface area contributed by atoms with E-state index in [1.807, 2.05) is 36.4 Å². The minimum Gasteiger partial charge on any atom is -0.447 e. The Bertz CT molecular complexity index is 955. The van der Waals surface area contributed by atoms with Gasteiger partial charge in [-0.15, -0.1) is 0 Å². The summed E-state index contributed by atoms with van der Waals surface area (Å²) in [4.78, 5) is 0. The van der Waals surface area contributed by atoms with E-state index in [1.54, 1.807) is 12.1 Å². The van der Waals surface area contributed by atoms with Crippen molar-refractivity contribution in [2.24, 2.45) is 0 Å². The van der Waals surface area contributed by atoms with E-state index in [2.05, 4.69) is 29.6 Å². The lowest BCUT2D eigenvalue weighted by Gasteiger charge is -2.19. The largest absolute Gasteiger partial charge is 0.447 e. The Morgan fingerprint density at radius 3 is 2.00 bits per heavy atom. The first-order valence-corrected chi connectivity index (χ1v) is 11.0. The molecule has 1 fully saturated rings. The summed E-state index contributed by atoms with van der Waals surface area (Å²) in [5.41, 5.74) is 2.29. The molecule has 3 aromatic rings. The molecule has 0 radical (unpaired) electrons. The summed E-state index contributed by atoms with van der Waals surface area (Å²) < 4.78 is 32.5. The molecule has 1 saturated heterocycles. The summed E-state index contributed by atoms with van der Waals surface area (Å²) in [5, 5.41) is 3.53. The molecular weight excluding hydrogens is 372 g/mol. The van der Waals surface area contributed by atoms with Gasteiger partial charge in [0.15, 0.2) is 0 Å². The maximum absolute atomic E-state index is 12.6. The quantitative estimate of drug-likeness (QED) is 0.657. The second-order valence-corrected chi connectivity index (χ2v) is 8.84. The average molecular weight is 397 g/mol. The van der Waals surface area contributed by atoms with Gasteiger partial charge >= 0.3 is 0 Å². The number of furan rings is 1. The summed E-state index contributed by atoms with van der Waals surface area (Å²) in [6, 6.07) is 23.7. The second kappa shape index (κ2) is 8.31. The Balaban J connectivity index is 1.51. The molecule has 5 nitrogen and oxygen atoms in total. The van der Waals surface area contributed by atoms with Crippen molar-refractivity contribution in [3.05, 3.63) is 89.7 Å². The predicted molar refractivity (Wildman–Crippen MR) is 108 cm³/mol. The first kappa shape index (κ1) is 18.9. The van der Waals surface area contributed by atoms with Gasteiger partial charge in [-0.1, -0.05) is 60.7 Å². The van der Waals surface area contributed by atoms with Crippen LogP contribution in [0.2, 0.25) is 0 Å². The number of hydrogen-bond acceptors (Lipinski definition) is 4. The third-order valence-electron chi connectivity index (χ3n) is 5.04. The van der Waals surface area contributed by atoms with Gasteiger partial charge in [0.1, 0.15) is 5.76 Å². The Labute approximate surface area is 166 Å². The van der Waals surface area contributed by atoms with E-state index in [4.69, 9.17) is 4.42 Å². The zero-order chi connectivity index (χ0) is 19.4. The monoisotopic (exact) mass is 396 g/mol. The van der Waals surface area contributed by atoms with Gasteiger partial charge in [0.2, 0.25) is 5.09 Å². The average Bonchev–Trinajstić information content (AvgIpc) is 3.43. The first-order chi connectivity index (χ1) is 13.6. The van der Waals surface area contributed by atoms with Crippen molar-refractivity contribution in [3.63, 3.8) is 0 Å². The van der Waals surface area contributed by atoms with Crippen LogP contribution in [-0.2, 0) is 16.6 Å². The highest BCUT2D eigenvalue weighted by Gasteiger charge is 2.30. The summed E-state index contributed by atoms with van der Waals surface area (Å²) in [7, 11) is -3.52. The van der Waals surface area contributed by atoms with Crippen LogP contribution in [0.1, 0.15) is 35.8 Å². The van der Waals surface area contributed by atoms with Gasteiger partial charge in [0.25, 0.3) is 10.0 Å². The molecular formula is C22H24N2O3S. The van der Waals surface area contributed by atoms with Gasteiger partial charge in [-0.3, -0.25) is 5.32 Å². The van der Waals surface area contributed by atoms with Crippen molar-refractivity contribution in [2.45, 2.75) is 30.5 Å². The summed E-state index contributed by atoms with van der Waals surface area (Å²) in [6.07, 6.45) is 1.81. The Hall–Kier alpha value is -2.41. The van der Waals surface area contributed by atoms with Crippen LogP contribution in [0.15, 0.2) is 82.3 Å². The lowest BCUT2D eigenvalue weighted by molar-refractivity contribution is 0.377. The van der Waals surface area contributed by atoms with Crippen LogP contribution in [0.5, 0.6) is 0 Å². The van der Waals surface area contributed by atoms with Gasteiger partial charge in [-0.2, -0.15) is 4.31 Å². The molecule has 1 aliphatic rings. The predicted octanol–water partition coefficient (Wildman–Crippen LogP) is 3.94. The molecule has 0 aliphatic carbocycles. The van der Waals surface area contributed by atoms with Crippen molar-refractivity contribution < 1.29 is 12.8 Å². The molecule has 4 rings (SSSR count). The van der Waals surface area contributed by atoms with E-state index < -0.39 is 10.0 Å². The topological polar surface area (TPSA) is 62.6 Å². The molecule has 0 saturated carbocycles. The molecule has 0 spiro atoms. The van der Waals surface area contributed by atoms with E-state index in [0.717, 1.165) is 24.0 Å². The van der Waals surface area contributed by atoms with Crippen LogP contribution in [-0.4, -0.2) is 25.8 Å². The van der Waals surface area contributed by atoms with Crippen LogP contribution in [0.3, 0.4) is 0 Å². The molecule has 146 valence electrons. The van der Waals surface area contributed by atoms with Crippen molar-refractivity contribution in [2.75, 3.05) is 13.1 Å². The molecule has 2 heterocycles. The second-order valence-electron chi connectivity index (χ2n) is 6.97. The molecule has 28 heavy (non-hydrogen) atoms.